The fraction of sp³-hybridized carbons (Fsp3) is 0.480. The molecule has 168 valence electrons. The zero-order valence-corrected chi connectivity index (χ0v) is 18.7. The number of urea groups is 1. The molecule has 2 aromatic rings. The normalized spacial score (nSPS) is 15.2. The number of carbonyl (C=O) groups is 1. The van der Waals surface area contributed by atoms with Crippen molar-refractivity contribution in [3.05, 3.63) is 65.7 Å². The van der Waals surface area contributed by atoms with Crippen LogP contribution < -0.4 is 10.6 Å². The Morgan fingerprint density at radius 3 is 2.52 bits per heavy atom. The van der Waals surface area contributed by atoms with Crippen LogP contribution in [0.15, 0.2) is 54.6 Å². The van der Waals surface area contributed by atoms with Gasteiger partial charge in [0.2, 0.25) is 0 Å². The van der Waals surface area contributed by atoms with Crippen LogP contribution in [0.25, 0.3) is 0 Å². The number of benzene rings is 2. The van der Waals surface area contributed by atoms with Crippen LogP contribution in [0, 0.1) is 0 Å². The maximum atomic E-state index is 12.4. The van der Waals surface area contributed by atoms with E-state index >= 15 is 0 Å². The van der Waals surface area contributed by atoms with Crippen molar-refractivity contribution >= 4 is 11.7 Å². The molecule has 0 saturated carbocycles. The van der Waals surface area contributed by atoms with E-state index in [1.165, 1.54) is 5.56 Å². The van der Waals surface area contributed by atoms with Crippen LogP contribution in [0.3, 0.4) is 0 Å². The molecule has 6 heteroatoms. The summed E-state index contributed by atoms with van der Waals surface area (Å²) in [4.78, 5) is 14.9. The van der Waals surface area contributed by atoms with Gasteiger partial charge in [-0.15, -0.1) is 0 Å². The Bertz CT molecular complexity index is 790. The van der Waals surface area contributed by atoms with Crippen molar-refractivity contribution in [1.82, 2.24) is 10.2 Å². The molecular formula is C25H35N3O3. The average molecular weight is 426 g/mol. The average Bonchev–Trinajstić information content (AvgIpc) is 2.76. The van der Waals surface area contributed by atoms with Gasteiger partial charge in [0, 0.05) is 31.4 Å². The van der Waals surface area contributed by atoms with Crippen molar-refractivity contribution in [2.75, 3.05) is 31.6 Å². The third kappa shape index (κ3) is 8.69. The van der Waals surface area contributed by atoms with Gasteiger partial charge in [-0.2, -0.15) is 0 Å². The highest BCUT2D eigenvalue weighted by molar-refractivity contribution is 5.89. The van der Waals surface area contributed by atoms with E-state index in [1.54, 1.807) is 0 Å². The van der Waals surface area contributed by atoms with E-state index in [0.29, 0.717) is 19.8 Å². The molecule has 2 amide bonds. The van der Waals surface area contributed by atoms with Crippen LogP contribution in [0.2, 0.25) is 0 Å². The number of nitrogens with one attached hydrogen (secondary N) is 2. The molecule has 0 spiro atoms. The second-order valence-corrected chi connectivity index (χ2v) is 8.31. The third-order valence-electron chi connectivity index (χ3n) is 5.30. The SMILES string of the molecule is CC(C)OCCOCc1cccc(NC(=O)NC2CCN(Cc3ccccc3)CC2)c1. The Balaban J connectivity index is 1.36. The molecule has 2 N–H and O–H groups in total. The summed E-state index contributed by atoms with van der Waals surface area (Å²) in [5, 5.41) is 6.07. The summed E-state index contributed by atoms with van der Waals surface area (Å²) < 4.78 is 11.1. The molecule has 0 aromatic heterocycles. The molecule has 0 bridgehead atoms. The van der Waals surface area contributed by atoms with Crippen molar-refractivity contribution in [2.45, 2.75) is 52.0 Å². The number of amides is 2. The molecule has 1 aliphatic rings. The highest BCUT2D eigenvalue weighted by atomic mass is 16.5. The summed E-state index contributed by atoms with van der Waals surface area (Å²) in [5.74, 6) is 0. The van der Waals surface area contributed by atoms with E-state index in [9.17, 15) is 4.79 Å². The number of ether oxygens (including phenoxy) is 2. The first-order chi connectivity index (χ1) is 15.1. The maximum absolute atomic E-state index is 12.4. The van der Waals surface area contributed by atoms with Crippen molar-refractivity contribution in [3.8, 4) is 0 Å². The smallest absolute Gasteiger partial charge is 0.319 e. The molecule has 1 saturated heterocycles. The molecule has 1 aliphatic heterocycles. The Morgan fingerprint density at radius 2 is 1.77 bits per heavy atom. The topological polar surface area (TPSA) is 62.8 Å². The van der Waals surface area contributed by atoms with Gasteiger partial charge in [0.15, 0.2) is 0 Å². The molecule has 0 unspecified atom stereocenters. The van der Waals surface area contributed by atoms with Gasteiger partial charge in [0.05, 0.1) is 25.9 Å². The lowest BCUT2D eigenvalue weighted by atomic mass is 10.0. The summed E-state index contributed by atoms with van der Waals surface area (Å²) in [6.07, 6.45) is 2.14. The van der Waals surface area contributed by atoms with E-state index in [2.05, 4.69) is 39.8 Å². The van der Waals surface area contributed by atoms with E-state index < -0.39 is 0 Å². The second kappa shape index (κ2) is 12.4. The molecule has 0 radical (unpaired) electrons. The number of piperidine rings is 1. The minimum atomic E-state index is -0.148. The lowest BCUT2D eigenvalue weighted by molar-refractivity contribution is 0.0143. The van der Waals surface area contributed by atoms with Crippen LogP contribution in [-0.4, -0.2) is 49.4 Å². The van der Waals surface area contributed by atoms with Crippen LogP contribution in [0.5, 0.6) is 0 Å². The van der Waals surface area contributed by atoms with Gasteiger partial charge in [-0.3, -0.25) is 4.90 Å². The fourth-order valence-corrected chi connectivity index (χ4v) is 3.70. The van der Waals surface area contributed by atoms with Crippen molar-refractivity contribution in [1.29, 1.82) is 0 Å². The number of hydrogen-bond acceptors (Lipinski definition) is 4. The number of nitrogens with zero attached hydrogens (tertiary/aromatic N) is 1. The second-order valence-electron chi connectivity index (χ2n) is 8.31. The summed E-state index contributed by atoms with van der Waals surface area (Å²) in [7, 11) is 0. The van der Waals surface area contributed by atoms with Crippen molar-refractivity contribution in [3.63, 3.8) is 0 Å². The van der Waals surface area contributed by atoms with E-state index in [-0.39, 0.29) is 18.2 Å². The molecule has 6 nitrogen and oxygen atoms in total. The summed E-state index contributed by atoms with van der Waals surface area (Å²) in [6.45, 7) is 8.61. The monoisotopic (exact) mass is 425 g/mol. The summed E-state index contributed by atoms with van der Waals surface area (Å²) >= 11 is 0. The van der Waals surface area contributed by atoms with Crippen LogP contribution in [0.1, 0.15) is 37.8 Å². The molecule has 2 aromatic carbocycles. The Hall–Kier alpha value is -2.41. The van der Waals surface area contributed by atoms with E-state index in [4.69, 9.17) is 9.47 Å². The Labute approximate surface area is 185 Å². The quantitative estimate of drug-likeness (QED) is 0.554. The predicted octanol–water partition coefficient (Wildman–Crippen LogP) is 4.41. The molecule has 1 fully saturated rings. The number of anilines is 1. The third-order valence-corrected chi connectivity index (χ3v) is 5.30. The highest BCUT2D eigenvalue weighted by Gasteiger charge is 2.20. The van der Waals surface area contributed by atoms with Crippen molar-refractivity contribution < 1.29 is 14.3 Å². The Morgan fingerprint density at radius 1 is 1.03 bits per heavy atom. The molecule has 0 atom stereocenters. The van der Waals surface area contributed by atoms with Gasteiger partial charge in [-0.1, -0.05) is 42.5 Å². The highest BCUT2D eigenvalue weighted by Crippen LogP contribution is 2.15. The van der Waals surface area contributed by atoms with Gasteiger partial charge in [-0.05, 0) is 49.9 Å². The van der Waals surface area contributed by atoms with Gasteiger partial charge < -0.3 is 20.1 Å². The molecule has 3 rings (SSSR count). The lowest BCUT2D eigenvalue weighted by Gasteiger charge is -2.32. The van der Waals surface area contributed by atoms with Gasteiger partial charge in [0.1, 0.15) is 0 Å². The maximum Gasteiger partial charge on any atom is 0.319 e. The van der Waals surface area contributed by atoms with Gasteiger partial charge in [-0.25, -0.2) is 4.79 Å². The van der Waals surface area contributed by atoms with Gasteiger partial charge in [0.25, 0.3) is 0 Å². The number of carbonyl (C=O) groups excluding carboxylic acids is 1. The molecule has 31 heavy (non-hydrogen) atoms. The minimum absolute atomic E-state index is 0.148. The summed E-state index contributed by atoms with van der Waals surface area (Å²) in [5.41, 5.74) is 3.14. The zero-order valence-electron chi connectivity index (χ0n) is 18.7. The lowest BCUT2D eigenvalue weighted by Crippen LogP contribution is -2.45. The molecule has 0 aliphatic carbocycles. The predicted molar refractivity (Wildman–Crippen MR) is 124 cm³/mol. The minimum Gasteiger partial charge on any atom is -0.376 e. The number of rotatable bonds is 10. The van der Waals surface area contributed by atoms with E-state index in [0.717, 1.165) is 43.7 Å². The summed E-state index contributed by atoms with van der Waals surface area (Å²) in [6, 6.07) is 18.4. The molecular weight excluding hydrogens is 390 g/mol. The standard InChI is InChI=1S/C25H35N3O3/c1-20(2)31-16-15-30-19-22-9-6-10-24(17-22)27-25(29)26-23-11-13-28(14-12-23)18-21-7-4-3-5-8-21/h3-10,17,20,23H,11-16,18-19H2,1-2H3,(H2,26,27,29). The van der Waals surface area contributed by atoms with Gasteiger partial charge >= 0.3 is 6.03 Å². The first kappa shape index (κ1) is 23.3. The van der Waals surface area contributed by atoms with Crippen molar-refractivity contribution in [2.24, 2.45) is 0 Å². The fourth-order valence-electron chi connectivity index (χ4n) is 3.70. The first-order valence-electron chi connectivity index (χ1n) is 11.2. The van der Waals surface area contributed by atoms with E-state index in [1.807, 2.05) is 44.2 Å². The van der Waals surface area contributed by atoms with Crippen LogP contribution in [0.4, 0.5) is 10.5 Å². The van der Waals surface area contributed by atoms with Crippen LogP contribution in [-0.2, 0) is 22.6 Å². The number of likely N-dealkylation sites (tertiary alicyclic amines) is 1. The zero-order chi connectivity index (χ0) is 21.9. The molecule has 1 heterocycles. The number of hydrogen-bond donors (Lipinski definition) is 2. The largest absolute Gasteiger partial charge is 0.376 e. The Kier molecular flexibility index (Phi) is 9.34. The van der Waals surface area contributed by atoms with Crippen LogP contribution >= 0.6 is 0 Å². The first-order valence-corrected chi connectivity index (χ1v) is 11.2.